The van der Waals surface area contributed by atoms with Crippen molar-refractivity contribution in [1.29, 1.82) is 0 Å². The molecule has 1 aliphatic rings. The molecule has 1 saturated heterocycles. The largest absolute Gasteiger partial charge is 0.362 e. The lowest BCUT2D eigenvalue weighted by molar-refractivity contribution is 0.444. The van der Waals surface area contributed by atoms with E-state index < -0.39 is 0 Å². The predicted octanol–water partition coefficient (Wildman–Crippen LogP) is 4.29. The summed E-state index contributed by atoms with van der Waals surface area (Å²) in [7, 11) is 0. The quantitative estimate of drug-likeness (QED) is 0.426. The summed E-state index contributed by atoms with van der Waals surface area (Å²) >= 11 is 11.6. The fraction of sp³-hybridized carbons (Fsp3) is 0.450. The Morgan fingerprint density at radius 2 is 2.11 bits per heavy atom. The fourth-order valence-corrected chi connectivity index (χ4v) is 3.68. The number of anilines is 2. The third-order valence-electron chi connectivity index (χ3n) is 4.66. The number of nitrogens with zero attached hydrogens (tertiary/aromatic N) is 3. The van der Waals surface area contributed by atoms with E-state index in [1.54, 1.807) is 0 Å². The standard InChI is InChI=1S/C20H26ClN5S/c1-15-7-6-12-26(14-15)18-13-17(21)23-19(24-18)25-20(27)22-11-5-10-16-8-3-2-4-9-16/h2-4,8-9,13,15H,5-7,10-12,14H2,1H3,(H2,22,23,24,25,27)/t15-/m1/s1. The van der Waals surface area contributed by atoms with Crippen molar-refractivity contribution in [3.63, 3.8) is 0 Å². The van der Waals surface area contributed by atoms with Crippen molar-refractivity contribution < 1.29 is 0 Å². The first-order chi connectivity index (χ1) is 13.1. The summed E-state index contributed by atoms with van der Waals surface area (Å²) in [6, 6.07) is 12.3. The highest BCUT2D eigenvalue weighted by atomic mass is 35.5. The van der Waals surface area contributed by atoms with Crippen LogP contribution in [0.25, 0.3) is 0 Å². The van der Waals surface area contributed by atoms with Crippen LogP contribution < -0.4 is 15.5 Å². The summed E-state index contributed by atoms with van der Waals surface area (Å²) in [6.07, 6.45) is 4.45. The highest BCUT2D eigenvalue weighted by Gasteiger charge is 2.19. The molecule has 1 fully saturated rings. The maximum Gasteiger partial charge on any atom is 0.232 e. The molecule has 5 nitrogen and oxygen atoms in total. The van der Waals surface area contributed by atoms with Crippen LogP contribution in [0.15, 0.2) is 36.4 Å². The molecule has 7 heteroatoms. The fourth-order valence-electron chi connectivity index (χ4n) is 3.31. The molecular weight excluding hydrogens is 378 g/mol. The van der Waals surface area contributed by atoms with Crippen molar-refractivity contribution in [1.82, 2.24) is 15.3 Å². The van der Waals surface area contributed by atoms with Gasteiger partial charge in [0, 0.05) is 25.7 Å². The Morgan fingerprint density at radius 3 is 2.89 bits per heavy atom. The Kier molecular flexibility index (Phi) is 7.24. The lowest BCUT2D eigenvalue weighted by Crippen LogP contribution is -2.35. The van der Waals surface area contributed by atoms with Crippen molar-refractivity contribution in [2.24, 2.45) is 5.92 Å². The van der Waals surface area contributed by atoms with Gasteiger partial charge >= 0.3 is 0 Å². The Hall–Kier alpha value is -1.92. The lowest BCUT2D eigenvalue weighted by Gasteiger charge is -2.32. The average Bonchev–Trinajstić information content (AvgIpc) is 2.66. The summed E-state index contributed by atoms with van der Waals surface area (Å²) in [5, 5.41) is 7.21. The van der Waals surface area contributed by atoms with Crippen LogP contribution in [0.4, 0.5) is 11.8 Å². The number of piperidine rings is 1. The van der Waals surface area contributed by atoms with Gasteiger partial charge in [-0.1, -0.05) is 48.9 Å². The van der Waals surface area contributed by atoms with E-state index in [-0.39, 0.29) is 0 Å². The number of hydrogen-bond acceptors (Lipinski definition) is 4. The molecule has 0 radical (unpaired) electrons. The molecule has 2 heterocycles. The molecule has 0 unspecified atom stereocenters. The molecule has 2 aromatic rings. The van der Waals surface area contributed by atoms with Gasteiger partial charge in [0.2, 0.25) is 5.95 Å². The normalized spacial score (nSPS) is 16.8. The van der Waals surface area contributed by atoms with Crippen molar-refractivity contribution in [2.45, 2.75) is 32.6 Å². The van der Waals surface area contributed by atoms with E-state index >= 15 is 0 Å². The minimum atomic E-state index is 0.424. The number of rotatable bonds is 6. The van der Waals surface area contributed by atoms with Gasteiger partial charge in [-0.25, -0.2) is 4.98 Å². The monoisotopic (exact) mass is 403 g/mol. The number of nitrogens with one attached hydrogen (secondary N) is 2. The van der Waals surface area contributed by atoms with E-state index in [9.17, 15) is 0 Å². The summed E-state index contributed by atoms with van der Waals surface area (Å²) in [6.45, 7) is 5.05. The van der Waals surface area contributed by atoms with E-state index in [4.69, 9.17) is 23.8 Å². The van der Waals surface area contributed by atoms with E-state index in [2.05, 4.69) is 56.7 Å². The molecule has 0 spiro atoms. The maximum absolute atomic E-state index is 6.20. The zero-order valence-electron chi connectivity index (χ0n) is 15.6. The SMILES string of the molecule is C[C@@H]1CCCN(c2cc(Cl)nc(NC(=S)NCCCc3ccccc3)n2)C1. The molecule has 0 aliphatic carbocycles. The van der Waals surface area contributed by atoms with Gasteiger partial charge in [0.25, 0.3) is 0 Å². The molecule has 1 aromatic heterocycles. The number of halogens is 1. The summed E-state index contributed by atoms with van der Waals surface area (Å²) in [5.41, 5.74) is 1.33. The predicted molar refractivity (Wildman–Crippen MR) is 117 cm³/mol. The second-order valence-corrected chi connectivity index (χ2v) is 7.83. The number of aryl methyl sites for hydroxylation is 1. The van der Waals surface area contributed by atoms with Crippen LogP contribution in [0.5, 0.6) is 0 Å². The molecule has 1 aromatic carbocycles. The Morgan fingerprint density at radius 1 is 1.30 bits per heavy atom. The van der Waals surface area contributed by atoms with Gasteiger partial charge in [-0.05, 0) is 49.4 Å². The van der Waals surface area contributed by atoms with Crippen LogP contribution in [-0.2, 0) is 6.42 Å². The molecule has 3 rings (SSSR count). The van der Waals surface area contributed by atoms with Crippen molar-refractivity contribution in [2.75, 3.05) is 29.9 Å². The van der Waals surface area contributed by atoms with Gasteiger partial charge in [0.05, 0.1) is 0 Å². The minimum absolute atomic E-state index is 0.424. The topological polar surface area (TPSA) is 53.1 Å². The van der Waals surface area contributed by atoms with Gasteiger partial charge in [-0.2, -0.15) is 4.98 Å². The van der Waals surface area contributed by atoms with E-state index in [1.165, 1.54) is 18.4 Å². The highest BCUT2D eigenvalue weighted by molar-refractivity contribution is 7.80. The number of aromatic nitrogens is 2. The molecular formula is C20H26ClN5S. The van der Waals surface area contributed by atoms with E-state index in [1.807, 2.05) is 12.1 Å². The number of hydrogen-bond donors (Lipinski definition) is 2. The van der Waals surface area contributed by atoms with Gasteiger partial charge < -0.3 is 15.5 Å². The maximum atomic E-state index is 6.20. The second-order valence-electron chi connectivity index (χ2n) is 7.04. The van der Waals surface area contributed by atoms with Crippen molar-refractivity contribution in [3.05, 3.63) is 47.1 Å². The Labute approximate surface area is 171 Å². The molecule has 1 atom stereocenters. The minimum Gasteiger partial charge on any atom is -0.362 e. The van der Waals surface area contributed by atoms with E-state index in [0.29, 0.717) is 22.1 Å². The van der Waals surface area contributed by atoms with Crippen molar-refractivity contribution >= 4 is 40.7 Å². The van der Waals surface area contributed by atoms with Crippen molar-refractivity contribution in [3.8, 4) is 0 Å². The van der Waals surface area contributed by atoms with Gasteiger partial charge in [0.1, 0.15) is 11.0 Å². The Balaban J connectivity index is 1.50. The third kappa shape index (κ3) is 6.33. The average molecular weight is 404 g/mol. The molecule has 1 aliphatic heterocycles. The number of thiocarbonyl (C=S) groups is 1. The van der Waals surface area contributed by atoms with Crippen LogP contribution in [0, 0.1) is 5.92 Å². The molecule has 0 amide bonds. The summed E-state index contributed by atoms with van der Waals surface area (Å²) < 4.78 is 0. The molecule has 2 N–H and O–H groups in total. The summed E-state index contributed by atoms with van der Waals surface area (Å²) in [4.78, 5) is 11.1. The molecule has 0 bridgehead atoms. The lowest BCUT2D eigenvalue weighted by atomic mass is 10.0. The first-order valence-corrected chi connectivity index (χ1v) is 10.3. The summed E-state index contributed by atoms with van der Waals surface area (Å²) in [5.74, 6) is 1.96. The molecule has 0 saturated carbocycles. The first kappa shape index (κ1) is 19.8. The molecule has 144 valence electrons. The van der Waals surface area contributed by atoms with Crippen LogP contribution in [0.1, 0.15) is 31.7 Å². The van der Waals surface area contributed by atoms with Crippen LogP contribution in [0.3, 0.4) is 0 Å². The third-order valence-corrected chi connectivity index (χ3v) is 5.10. The van der Waals surface area contributed by atoms with Gasteiger partial charge in [-0.3, -0.25) is 0 Å². The smallest absolute Gasteiger partial charge is 0.232 e. The van der Waals surface area contributed by atoms with Gasteiger partial charge in [0.15, 0.2) is 5.11 Å². The zero-order valence-corrected chi connectivity index (χ0v) is 17.2. The number of benzene rings is 1. The first-order valence-electron chi connectivity index (χ1n) is 9.48. The molecule has 27 heavy (non-hydrogen) atoms. The van der Waals surface area contributed by atoms with Crippen LogP contribution in [-0.4, -0.2) is 34.7 Å². The van der Waals surface area contributed by atoms with Crippen LogP contribution >= 0.6 is 23.8 Å². The highest BCUT2D eigenvalue weighted by Crippen LogP contribution is 2.24. The zero-order chi connectivity index (χ0) is 19.1. The van der Waals surface area contributed by atoms with E-state index in [0.717, 1.165) is 38.3 Å². The Bertz CT molecular complexity index is 755. The second kappa shape index (κ2) is 9.85. The van der Waals surface area contributed by atoms with Crippen LogP contribution in [0.2, 0.25) is 5.15 Å². The van der Waals surface area contributed by atoms with Gasteiger partial charge in [-0.15, -0.1) is 0 Å².